The number of aryl methyl sites for hydroxylation is 2. The van der Waals surface area contributed by atoms with E-state index in [9.17, 15) is 26.9 Å². The Morgan fingerprint density at radius 3 is 2.38 bits per heavy atom. The van der Waals surface area contributed by atoms with E-state index >= 15 is 0 Å². The number of carbonyl (C=O) groups is 1. The van der Waals surface area contributed by atoms with Gasteiger partial charge in [-0.3, -0.25) is 4.79 Å². The molecule has 0 saturated heterocycles. The molecular weight excluding hydrogens is 472 g/mol. The summed E-state index contributed by atoms with van der Waals surface area (Å²) in [6.07, 6.45) is 2.18. The quantitative estimate of drug-likeness (QED) is 0.277. The summed E-state index contributed by atoms with van der Waals surface area (Å²) in [7, 11) is -7.34. The Balaban J connectivity index is 2.86. The van der Waals surface area contributed by atoms with Gasteiger partial charge in [-0.15, -0.1) is 0 Å². The highest BCUT2D eigenvalue weighted by Crippen LogP contribution is 2.23. The van der Waals surface area contributed by atoms with Gasteiger partial charge in [-0.05, 0) is 38.3 Å². The van der Waals surface area contributed by atoms with Crippen molar-refractivity contribution in [3.63, 3.8) is 0 Å². The van der Waals surface area contributed by atoms with Crippen molar-refractivity contribution in [2.24, 2.45) is 0 Å². The van der Waals surface area contributed by atoms with Gasteiger partial charge in [0.25, 0.3) is 0 Å². The zero-order chi connectivity index (χ0) is 24.4. The Labute approximate surface area is 196 Å². The van der Waals surface area contributed by atoms with Crippen LogP contribution in [0.2, 0.25) is 0 Å². The fourth-order valence-corrected chi connectivity index (χ4v) is 8.10. The first-order chi connectivity index (χ1) is 15.0. The summed E-state index contributed by atoms with van der Waals surface area (Å²) >= 11 is 1.03. The van der Waals surface area contributed by atoms with E-state index in [1.165, 1.54) is 0 Å². The number of carbonyl (C=O) groups excluding carboxylic acids is 1. The second-order valence-electron chi connectivity index (χ2n) is 7.65. The Bertz CT molecular complexity index is 1030. The molecule has 1 aromatic rings. The van der Waals surface area contributed by atoms with Crippen molar-refractivity contribution in [3.05, 3.63) is 22.9 Å². The SMILES string of the molecule is CCCCS(=O)(=O)CC(COC(=O)CSc1nc(C)cc(C)c1C#N)S(=O)(=O)CCCC. The Hall–Kier alpha value is -1.64. The number of pyridine rings is 1. The number of aromatic nitrogens is 1. The molecule has 0 aromatic carbocycles. The lowest BCUT2D eigenvalue weighted by Gasteiger charge is -2.18. The standard InChI is InChI=1S/C21H32N2O6S3/c1-5-7-9-31(25,26)15-18(32(27,28)10-8-6-2)13-29-20(24)14-30-21-19(12-22)16(3)11-17(4)23-21/h11,18H,5-10,13-15H2,1-4H3. The van der Waals surface area contributed by atoms with Gasteiger partial charge in [0.15, 0.2) is 19.7 Å². The summed E-state index contributed by atoms with van der Waals surface area (Å²) in [5.41, 5.74) is 1.82. The maximum absolute atomic E-state index is 12.7. The summed E-state index contributed by atoms with van der Waals surface area (Å²) in [5, 5.41) is 8.43. The van der Waals surface area contributed by atoms with E-state index in [4.69, 9.17) is 4.74 Å². The molecule has 0 aliphatic heterocycles. The third-order valence-corrected chi connectivity index (χ3v) is 9.88. The maximum atomic E-state index is 12.7. The minimum absolute atomic E-state index is 0.0948. The second-order valence-corrected chi connectivity index (χ2v) is 13.2. The first-order valence-electron chi connectivity index (χ1n) is 10.5. The number of hydrogen-bond donors (Lipinski definition) is 0. The van der Waals surface area contributed by atoms with E-state index in [0.717, 1.165) is 17.3 Å². The number of nitriles is 1. The molecule has 1 unspecified atom stereocenters. The number of rotatable bonds is 14. The number of sulfone groups is 2. The first kappa shape index (κ1) is 28.4. The minimum atomic E-state index is -3.75. The molecule has 0 N–H and O–H groups in total. The van der Waals surface area contributed by atoms with Gasteiger partial charge in [-0.2, -0.15) is 5.26 Å². The molecular formula is C21H32N2O6S3. The molecule has 11 heteroatoms. The second kappa shape index (κ2) is 13.2. The molecule has 180 valence electrons. The summed E-state index contributed by atoms with van der Waals surface area (Å²) in [6.45, 7) is 6.74. The molecule has 1 rings (SSSR count). The average Bonchev–Trinajstić information content (AvgIpc) is 2.71. The van der Waals surface area contributed by atoms with Gasteiger partial charge in [0, 0.05) is 5.69 Å². The molecule has 8 nitrogen and oxygen atoms in total. The highest BCUT2D eigenvalue weighted by molar-refractivity contribution is 8.00. The van der Waals surface area contributed by atoms with Gasteiger partial charge in [0.2, 0.25) is 0 Å². The minimum Gasteiger partial charge on any atom is -0.464 e. The van der Waals surface area contributed by atoms with Gasteiger partial charge >= 0.3 is 5.97 Å². The number of hydrogen-bond acceptors (Lipinski definition) is 9. The van der Waals surface area contributed by atoms with Crippen molar-refractivity contribution in [2.45, 2.75) is 63.7 Å². The van der Waals surface area contributed by atoms with Gasteiger partial charge in [0.05, 0.1) is 28.6 Å². The van der Waals surface area contributed by atoms with Crippen LogP contribution in [0.15, 0.2) is 11.1 Å². The van der Waals surface area contributed by atoms with Crippen LogP contribution < -0.4 is 0 Å². The molecule has 0 spiro atoms. The number of esters is 1. The van der Waals surface area contributed by atoms with E-state index < -0.39 is 43.3 Å². The monoisotopic (exact) mass is 504 g/mol. The van der Waals surface area contributed by atoms with Crippen molar-refractivity contribution in [2.75, 3.05) is 29.6 Å². The van der Waals surface area contributed by atoms with Gasteiger partial charge in [-0.1, -0.05) is 38.5 Å². The Kier molecular flexibility index (Phi) is 11.7. The molecule has 1 heterocycles. The molecule has 0 saturated carbocycles. The summed E-state index contributed by atoms with van der Waals surface area (Å²) in [6, 6.07) is 3.84. The largest absolute Gasteiger partial charge is 0.464 e. The molecule has 0 aliphatic rings. The predicted octanol–water partition coefficient (Wildman–Crippen LogP) is 3.00. The highest BCUT2D eigenvalue weighted by atomic mass is 32.2. The number of thioether (sulfide) groups is 1. The van der Waals surface area contributed by atoms with Crippen molar-refractivity contribution in [1.29, 1.82) is 5.26 Å². The van der Waals surface area contributed by atoms with E-state index in [-0.39, 0.29) is 17.3 Å². The molecule has 0 radical (unpaired) electrons. The lowest BCUT2D eigenvalue weighted by molar-refractivity contribution is -0.140. The van der Waals surface area contributed by atoms with Crippen LogP contribution in [0.25, 0.3) is 0 Å². The van der Waals surface area contributed by atoms with Crippen molar-refractivity contribution < 1.29 is 26.4 Å². The van der Waals surface area contributed by atoms with Crippen LogP contribution in [-0.2, 0) is 29.2 Å². The van der Waals surface area contributed by atoms with Crippen LogP contribution in [-0.4, -0.2) is 62.7 Å². The molecule has 0 amide bonds. The topological polar surface area (TPSA) is 131 Å². The van der Waals surface area contributed by atoms with E-state index in [2.05, 4.69) is 11.1 Å². The van der Waals surface area contributed by atoms with Gasteiger partial charge in [-0.25, -0.2) is 21.8 Å². The first-order valence-corrected chi connectivity index (χ1v) is 15.1. The number of unbranched alkanes of at least 4 members (excludes halogenated alkanes) is 2. The molecule has 0 fully saturated rings. The third-order valence-electron chi connectivity index (χ3n) is 4.72. The summed E-state index contributed by atoms with van der Waals surface area (Å²) in [5.74, 6) is -1.67. The van der Waals surface area contributed by atoms with Crippen LogP contribution >= 0.6 is 11.8 Å². The fourth-order valence-electron chi connectivity index (χ4n) is 2.90. The molecule has 0 bridgehead atoms. The third kappa shape index (κ3) is 9.46. The average molecular weight is 505 g/mol. The zero-order valence-corrected chi connectivity index (χ0v) is 21.5. The normalized spacial score (nSPS) is 12.8. The molecule has 1 atom stereocenters. The maximum Gasteiger partial charge on any atom is 0.316 e. The highest BCUT2D eigenvalue weighted by Gasteiger charge is 2.31. The van der Waals surface area contributed by atoms with E-state index in [1.807, 2.05) is 13.8 Å². The van der Waals surface area contributed by atoms with Crippen LogP contribution in [0.4, 0.5) is 0 Å². The van der Waals surface area contributed by atoms with Crippen molar-refractivity contribution in [1.82, 2.24) is 4.98 Å². The van der Waals surface area contributed by atoms with Crippen LogP contribution in [0, 0.1) is 25.2 Å². The molecule has 1 aromatic heterocycles. The lowest BCUT2D eigenvalue weighted by atomic mass is 10.1. The molecule has 32 heavy (non-hydrogen) atoms. The summed E-state index contributed by atoms with van der Waals surface area (Å²) in [4.78, 5) is 16.6. The van der Waals surface area contributed by atoms with Crippen LogP contribution in [0.1, 0.15) is 56.4 Å². The van der Waals surface area contributed by atoms with Crippen molar-refractivity contribution in [3.8, 4) is 6.07 Å². The number of ether oxygens (including phenoxy) is 1. The van der Waals surface area contributed by atoms with Gasteiger partial charge < -0.3 is 4.74 Å². The fraction of sp³-hybridized carbons (Fsp3) is 0.667. The number of nitrogens with zero attached hydrogens (tertiary/aromatic N) is 2. The smallest absolute Gasteiger partial charge is 0.316 e. The van der Waals surface area contributed by atoms with E-state index in [0.29, 0.717) is 42.0 Å². The molecule has 0 aliphatic carbocycles. The van der Waals surface area contributed by atoms with Crippen LogP contribution in [0.5, 0.6) is 0 Å². The zero-order valence-electron chi connectivity index (χ0n) is 19.1. The Morgan fingerprint density at radius 1 is 1.16 bits per heavy atom. The summed E-state index contributed by atoms with van der Waals surface area (Å²) < 4.78 is 55.3. The van der Waals surface area contributed by atoms with Gasteiger partial charge in [0.1, 0.15) is 23.0 Å². The Morgan fingerprint density at radius 2 is 1.78 bits per heavy atom. The predicted molar refractivity (Wildman–Crippen MR) is 126 cm³/mol. The van der Waals surface area contributed by atoms with Crippen LogP contribution in [0.3, 0.4) is 0 Å². The van der Waals surface area contributed by atoms with E-state index in [1.54, 1.807) is 19.9 Å². The lowest BCUT2D eigenvalue weighted by Crippen LogP contribution is -2.37. The van der Waals surface area contributed by atoms with Crippen molar-refractivity contribution >= 4 is 37.4 Å².